The molecule has 3 heterocycles. The van der Waals surface area contributed by atoms with E-state index >= 15 is 0 Å². The van der Waals surface area contributed by atoms with Gasteiger partial charge in [-0.2, -0.15) is 0 Å². The zero-order chi connectivity index (χ0) is 12.8. The van der Waals surface area contributed by atoms with Gasteiger partial charge in [0, 0.05) is 37.5 Å². The van der Waals surface area contributed by atoms with E-state index in [0.717, 1.165) is 31.5 Å². The molecule has 0 amide bonds. The highest BCUT2D eigenvalue weighted by Gasteiger charge is 2.53. The second-order valence-corrected chi connectivity index (χ2v) is 6.59. The Bertz CT molecular complexity index is 367. The Hall–Kier alpha value is -0.0400. The Kier molecular flexibility index (Phi) is 4.45. The van der Waals surface area contributed by atoms with Crippen LogP contribution >= 0.6 is 24.0 Å². The third-order valence-corrected chi connectivity index (χ3v) is 5.50. The van der Waals surface area contributed by atoms with E-state index in [1.54, 1.807) is 0 Å². The molecule has 4 aliphatic rings. The van der Waals surface area contributed by atoms with Crippen LogP contribution in [0.4, 0.5) is 0 Å². The first-order valence-corrected chi connectivity index (χ1v) is 8.06. The summed E-state index contributed by atoms with van der Waals surface area (Å²) in [6, 6.07) is 0.679. The predicted molar refractivity (Wildman–Crippen MR) is 90.6 cm³/mol. The molecular formula is C15H26IN3O. The van der Waals surface area contributed by atoms with Crippen molar-refractivity contribution in [3.63, 3.8) is 0 Å². The fourth-order valence-corrected chi connectivity index (χ4v) is 4.25. The summed E-state index contributed by atoms with van der Waals surface area (Å²) in [5, 5.41) is 3.67. The van der Waals surface area contributed by atoms with Crippen molar-refractivity contribution in [2.45, 2.75) is 57.3 Å². The molecule has 4 atom stereocenters. The normalized spacial score (nSPS) is 39.5. The van der Waals surface area contributed by atoms with Crippen LogP contribution in [0.15, 0.2) is 4.99 Å². The average molecular weight is 391 g/mol. The number of likely N-dealkylation sites (tertiary alicyclic amines) is 1. The van der Waals surface area contributed by atoms with Gasteiger partial charge in [0.2, 0.25) is 0 Å². The first-order chi connectivity index (χ1) is 9.35. The van der Waals surface area contributed by atoms with Crippen molar-refractivity contribution < 1.29 is 4.74 Å². The van der Waals surface area contributed by atoms with Gasteiger partial charge in [0.05, 0.1) is 12.2 Å². The molecule has 5 heteroatoms. The Morgan fingerprint density at radius 2 is 1.80 bits per heavy atom. The number of hydrogen-bond acceptors (Lipinski definition) is 2. The highest BCUT2D eigenvalue weighted by molar-refractivity contribution is 14.0. The van der Waals surface area contributed by atoms with Crippen LogP contribution in [0.25, 0.3) is 0 Å². The van der Waals surface area contributed by atoms with E-state index in [1.807, 2.05) is 0 Å². The minimum Gasteiger partial charge on any atom is -0.374 e. The fraction of sp³-hybridized carbons (Fsp3) is 0.933. The van der Waals surface area contributed by atoms with Crippen LogP contribution in [0.2, 0.25) is 0 Å². The van der Waals surface area contributed by atoms with E-state index < -0.39 is 0 Å². The number of fused-ring (bicyclic) bond motifs is 5. The van der Waals surface area contributed by atoms with Crippen LogP contribution in [0.5, 0.6) is 0 Å². The SMILES string of the molecule is CCN=C(NC1CCC1)N1CC2C3CCC(O3)C2C1.I. The van der Waals surface area contributed by atoms with Gasteiger partial charge in [-0.3, -0.25) is 4.99 Å². The first-order valence-electron chi connectivity index (χ1n) is 8.06. The van der Waals surface area contributed by atoms with Gasteiger partial charge in [-0.1, -0.05) is 0 Å². The molecule has 4 rings (SSSR count). The number of ether oxygens (including phenoxy) is 1. The fourth-order valence-electron chi connectivity index (χ4n) is 4.25. The monoisotopic (exact) mass is 391 g/mol. The first kappa shape index (κ1) is 14.9. The smallest absolute Gasteiger partial charge is 0.194 e. The maximum Gasteiger partial charge on any atom is 0.194 e. The van der Waals surface area contributed by atoms with Crippen molar-refractivity contribution in [1.82, 2.24) is 10.2 Å². The molecule has 0 aromatic heterocycles. The van der Waals surface area contributed by atoms with Crippen LogP contribution in [0.3, 0.4) is 0 Å². The molecule has 1 aliphatic carbocycles. The van der Waals surface area contributed by atoms with Gasteiger partial charge in [-0.05, 0) is 39.0 Å². The summed E-state index contributed by atoms with van der Waals surface area (Å²) < 4.78 is 6.05. The van der Waals surface area contributed by atoms with Crippen LogP contribution in [0, 0.1) is 11.8 Å². The number of nitrogens with one attached hydrogen (secondary N) is 1. The summed E-state index contributed by atoms with van der Waals surface area (Å²) in [5.74, 6) is 2.70. The van der Waals surface area contributed by atoms with Gasteiger partial charge < -0.3 is 15.0 Å². The van der Waals surface area contributed by atoms with E-state index in [9.17, 15) is 0 Å². The zero-order valence-corrected chi connectivity index (χ0v) is 14.6. The Morgan fingerprint density at radius 1 is 1.15 bits per heavy atom. The van der Waals surface area contributed by atoms with Crippen molar-refractivity contribution in [1.29, 1.82) is 0 Å². The standard InChI is InChI=1S/C15H25N3O.HI/c1-2-16-15(17-10-4-3-5-10)18-8-11-12(9-18)14-7-6-13(11)19-14;/h10-14H,2-9H2,1H3,(H,16,17);1H. The topological polar surface area (TPSA) is 36.9 Å². The van der Waals surface area contributed by atoms with Crippen LogP contribution in [-0.4, -0.2) is 48.7 Å². The zero-order valence-electron chi connectivity index (χ0n) is 12.3. The molecule has 1 saturated carbocycles. The molecular weight excluding hydrogens is 365 g/mol. The molecule has 1 N–H and O–H groups in total. The average Bonchev–Trinajstić information content (AvgIpc) is 3.02. The maximum atomic E-state index is 6.05. The lowest BCUT2D eigenvalue weighted by atomic mass is 9.82. The molecule has 0 aromatic rings. The molecule has 0 radical (unpaired) electrons. The van der Waals surface area contributed by atoms with Gasteiger partial charge in [-0.25, -0.2) is 0 Å². The molecule has 0 spiro atoms. The number of nitrogens with zero attached hydrogens (tertiary/aromatic N) is 2. The summed E-state index contributed by atoms with van der Waals surface area (Å²) in [6.45, 7) is 5.32. The highest BCUT2D eigenvalue weighted by Crippen LogP contribution is 2.47. The lowest BCUT2D eigenvalue weighted by molar-refractivity contribution is 0.0765. The van der Waals surface area contributed by atoms with E-state index in [-0.39, 0.29) is 24.0 Å². The second kappa shape index (κ2) is 5.99. The number of halogens is 1. The minimum atomic E-state index is 0. The summed E-state index contributed by atoms with van der Waals surface area (Å²) >= 11 is 0. The molecule has 114 valence electrons. The predicted octanol–water partition coefficient (Wildman–Crippen LogP) is 2.23. The minimum absolute atomic E-state index is 0. The van der Waals surface area contributed by atoms with Crippen molar-refractivity contribution >= 4 is 29.9 Å². The molecule has 20 heavy (non-hydrogen) atoms. The maximum absolute atomic E-state index is 6.05. The van der Waals surface area contributed by atoms with Crippen molar-refractivity contribution in [3.05, 3.63) is 0 Å². The molecule has 4 fully saturated rings. The van der Waals surface area contributed by atoms with Gasteiger partial charge in [0.25, 0.3) is 0 Å². The third-order valence-electron chi connectivity index (χ3n) is 5.50. The number of rotatable bonds is 2. The number of aliphatic imine (C=N–C) groups is 1. The van der Waals surface area contributed by atoms with Gasteiger partial charge >= 0.3 is 0 Å². The molecule has 2 bridgehead atoms. The highest BCUT2D eigenvalue weighted by atomic mass is 127. The largest absolute Gasteiger partial charge is 0.374 e. The van der Waals surface area contributed by atoms with Crippen LogP contribution in [0.1, 0.15) is 39.0 Å². The Balaban J connectivity index is 0.00000121. The summed E-state index contributed by atoms with van der Waals surface area (Å²) in [6.07, 6.45) is 7.68. The van der Waals surface area contributed by atoms with Crippen molar-refractivity contribution in [3.8, 4) is 0 Å². The van der Waals surface area contributed by atoms with Crippen molar-refractivity contribution in [2.24, 2.45) is 16.8 Å². The van der Waals surface area contributed by atoms with E-state index in [4.69, 9.17) is 9.73 Å². The quantitative estimate of drug-likeness (QED) is 0.446. The van der Waals surface area contributed by atoms with E-state index in [0.29, 0.717) is 18.2 Å². The van der Waals surface area contributed by atoms with E-state index in [1.165, 1.54) is 38.1 Å². The number of hydrogen-bond donors (Lipinski definition) is 1. The lowest BCUT2D eigenvalue weighted by Gasteiger charge is -2.32. The Labute approximate surface area is 138 Å². The Morgan fingerprint density at radius 3 is 2.30 bits per heavy atom. The molecule has 0 aromatic carbocycles. The molecule has 3 aliphatic heterocycles. The van der Waals surface area contributed by atoms with Crippen LogP contribution < -0.4 is 5.32 Å². The molecule has 4 unspecified atom stereocenters. The van der Waals surface area contributed by atoms with Gasteiger partial charge in [-0.15, -0.1) is 24.0 Å². The molecule has 4 nitrogen and oxygen atoms in total. The van der Waals surface area contributed by atoms with Gasteiger partial charge in [0.1, 0.15) is 0 Å². The summed E-state index contributed by atoms with van der Waals surface area (Å²) in [4.78, 5) is 7.22. The van der Waals surface area contributed by atoms with E-state index in [2.05, 4.69) is 17.1 Å². The van der Waals surface area contributed by atoms with Crippen LogP contribution in [-0.2, 0) is 4.74 Å². The lowest BCUT2D eigenvalue weighted by Crippen LogP contribution is -2.48. The summed E-state index contributed by atoms with van der Waals surface area (Å²) in [5.41, 5.74) is 0. The summed E-state index contributed by atoms with van der Waals surface area (Å²) in [7, 11) is 0. The third kappa shape index (κ3) is 2.45. The van der Waals surface area contributed by atoms with Gasteiger partial charge in [0.15, 0.2) is 5.96 Å². The second-order valence-electron chi connectivity index (χ2n) is 6.59. The number of guanidine groups is 1. The molecule has 3 saturated heterocycles. The van der Waals surface area contributed by atoms with Crippen molar-refractivity contribution in [2.75, 3.05) is 19.6 Å².